The summed E-state index contributed by atoms with van der Waals surface area (Å²) in [5.74, 6) is -3.46. The molecule has 99 heavy (non-hydrogen) atoms. The molecule has 540 valence electrons. The Balaban J connectivity index is 0.000000332. The van der Waals surface area contributed by atoms with Crippen molar-refractivity contribution in [2.75, 3.05) is 56.0 Å². The summed E-state index contributed by atoms with van der Waals surface area (Å²) in [7, 11) is -6.87. The Labute approximate surface area is 610 Å². The summed E-state index contributed by atoms with van der Waals surface area (Å²) in [4.78, 5) is 82.3. The molecule has 1 aromatic carbocycles. The van der Waals surface area contributed by atoms with Gasteiger partial charge in [0.15, 0.2) is 64.8 Å². The Kier molecular flexibility index (Phi) is 35.2. The number of anilines is 3. The second-order valence-electron chi connectivity index (χ2n) is 20.2. The van der Waals surface area contributed by atoms with E-state index in [0.29, 0.717) is 45.6 Å². The SMILES string of the molecule is CC(=O)O.CC(C(=O)O)C(=O)O.CS(=O)(=O)O.Cc1nn[nH]n1.Nc1ncnc2c1ncn2C1O[C@H](COCCP(=O)(O)O)[C@@H](O)[C@H]1O.Nc1ncnc2c1ncn2C1O[C@H](COCc2ccc([S-](=O)=O)cc2)[C@@H](O)[C@H]1O.[CH2-]OC[C@H]1OC(n2cnc3c(N)ncnc32)[C@H](O)[C@@H]1O.[Y].[Y]. The van der Waals surface area contributed by atoms with Gasteiger partial charge in [-0.15, -0.1) is 10.2 Å². The number of aryl methyl sites for hydroxylation is 1. The van der Waals surface area contributed by atoms with E-state index in [1.54, 1.807) is 19.1 Å². The van der Waals surface area contributed by atoms with Gasteiger partial charge in [0.05, 0.1) is 57.8 Å². The maximum Gasteiger partial charge on any atom is 0.327 e. The van der Waals surface area contributed by atoms with Gasteiger partial charge in [-0.3, -0.25) is 37.2 Å². The van der Waals surface area contributed by atoms with Crippen LogP contribution in [-0.2, 0) is 149 Å². The molecular weight excluding hydrogens is 1540 g/mol. The molecule has 12 atom stereocenters. The Bertz CT molecular complexity index is 4070. The zero-order chi connectivity index (χ0) is 72.2. The van der Waals surface area contributed by atoms with Gasteiger partial charge in [0.2, 0.25) is 0 Å². The van der Waals surface area contributed by atoms with Crippen LogP contribution in [0.25, 0.3) is 33.5 Å². The Morgan fingerprint density at radius 2 is 1.01 bits per heavy atom. The molecule has 0 aliphatic carbocycles. The fourth-order valence-electron chi connectivity index (χ4n) is 8.27. The standard InChI is InChI=1S/C17H18N5O6S.C12H18N5O7P.C11H14N5O4.C4H6O4.C2H4N4.C2H4O2.CH4O3S.2Y/c18-15-12-16(20-7-19-15)22(8-21-12)17-14(24)13(23)11(28-17)6-27-5-9-1-3-10(4-2-9)29(25)26;13-10-7-11(15-4-14-10)17(5-16-7)12-9(19)8(18)6(24-12)3-23-1-2-25(20,21)22;1-19-2-5-7(17)8(18)11(20-5)16-4-15-6-9(12)13-3-14-10(6)16;1-2(3(5)6)4(7)8;1-2-3-5-6-4-2;1-2(3)4;1-5(2,3)4;;/h1-4,7-8,11,13-14,17,23-24H,5-6H2,(H2,18,19,20);4-6,8-9,12,18-19H,1-3H2,(H2,13,14,15)(H2,20,21,22);3-5,7-8,11,17-18H,1-2H2,(H2,12,13,14);2H,1H3,(H,5,6)(H,7,8);1H3,(H,3,4,5,6);1H3,(H,3,4);1H3,(H,2,3,4);;/q-1;;-1;;;;;;/t11-,13-,14-,17?;6-,8-,9-,12?;5-,7-,8-,11?;;;;;;/m111....../s1. The minimum absolute atomic E-state index is 0. The van der Waals surface area contributed by atoms with Crippen LogP contribution in [0.5, 0.6) is 0 Å². The van der Waals surface area contributed by atoms with Crippen molar-refractivity contribution >= 4 is 97.3 Å². The number of benzene rings is 1. The number of aliphatic hydroxyl groups excluding tert-OH is 6. The second-order valence-corrected chi connectivity index (χ2v) is 24.4. The molecule has 0 amide bonds. The van der Waals surface area contributed by atoms with Crippen LogP contribution in [0.4, 0.5) is 17.5 Å². The van der Waals surface area contributed by atoms with E-state index in [1.165, 1.54) is 63.8 Å². The Morgan fingerprint density at radius 3 is 1.29 bits per heavy atom. The van der Waals surface area contributed by atoms with Crippen LogP contribution in [0.15, 0.2) is 67.1 Å². The van der Waals surface area contributed by atoms with Gasteiger partial charge in [-0.2, -0.15) is 13.6 Å². The first-order valence-corrected chi connectivity index (χ1v) is 32.1. The molecule has 19 N–H and O–H groups in total. The number of aromatic nitrogens is 16. The number of H-pyrrole nitrogens is 1. The van der Waals surface area contributed by atoms with Gasteiger partial charge in [-0.1, -0.05) is 34.4 Å². The van der Waals surface area contributed by atoms with Gasteiger partial charge in [0.25, 0.3) is 16.1 Å². The molecule has 50 heteroatoms. The first kappa shape index (κ1) is 86.7. The topological polar surface area (TPSA) is 698 Å². The number of hydrogen-bond donors (Lipinski definition) is 16. The van der Waals surface area contributed by atoms with E-state index in [-0.39, 0.29) is 121 Å². The van der Waals surface area contributed by atoms with Gasteiger partial charge in [-0.05, 0) is 30.1 Å². The van der Waals surface area contributed by atoms with Gasteiger partial charge < -0.3 is 110 Å². The van der Waals surface area contributed by atoms with Crippen LogP contribution in [0.1, 0.15) is 43.9 Å². The van der Waals surface area contributed by atoms with Gasteiger partial charge >= 0.3 is 19.5 Å². The van der Waals surface area contributed by atoms with Crippen molar-refractivity contribution in [2.45, 2.75) is 106 Å². The van der Waals surface area contributed by atoms with E-state index in [4.69, 9.17) is 80.1 Å². The van der Waals surface area contributed by atoms with Crippen molar-refractivity contribution < 1.29 is 190 Å². The number of fused-ring (bicyclic) bond motifs is 3. The number of imidazole rings is 3. The van der Waals surface area contributed by atoms with E-state index < -0.39 is 132 Å². The number of ether oxygens (including phenoxy) is 6. The van der Waals surface area contributed by atoms with Crippen LogP contribution in [-0.4, -0.2) is 260 Å². The normalized spacial score (nSPS) is 22.3. The maximum absolute atomic E-state index is 10.9. The quantitative estimate of drug-likeness (QED) is 0.0103. The largest absolute Gasteiger partial charge is 0.553 e. The molecule has 3 aliphatic rings. The number of aromatic amines is 1. The molecule has 45 nitrogen and oxygen atoms in total. The number of tetrazole rings is 1. The van der Waals surface area contributed by atoms with Gasteiger partial charge in [0.1, 0.15) is 90.5 Å². The zero-order valence-corrected chi connectivity index (χ0v) is 60.4. The minimum Gasteiger partial charge on any atom is -0.553 e. The maximum atomic E-state index is 10.9. The number of nitrogen functional groups attached to an aromatic ring is 3. The molecule has 3 saturated heterocycles. The molecule has 11 rings (SSSR count). The average molecular weight is 1610 g/mol. The summed E-state index contributed by atoms with van der Waals surface area (Å²) in [6, 6.07) is 6.22. The Hall–Kier alpha value is -6.51. The molecule has 7 aromatic heterocycles. The van der Waals surface area contributed by atoms with Crippen LogP contribution < -0.4 is 17.2 Å². The van der Waals surface area contributed by atoms with E-state index in [9.17, 15) is 61.6 Å². The van der Waals surface area contributed by atoms with Crippen LogP contribution in [0, 0.1) is 20.0 Å². The number of aliphatic hydroxyl groups is 6. The summed E-state index contributed by atoms with van der Waals surface area (Å²) in [5, 5.41) is 97.2. The number of carboxylic acid groups (broad SMARTS) is 3. The predicted octanol–water partition coefficient (Wildman–Crippen LogP) is -4.14. The number of nitrogens with two attached hydrogens (primary N) is 3. The van der Waals surface area contributed by atoms with Crippen molar-refractivity contribution in [3.05, 3.63) is 80.7 Å². The fourth-order valence-corrected chi connectivity index (χ4v) is 8.99. The van der Waals surface area contributed by atoms with E-state index in [0.717, 1.165) is 19.4 Å². The third kappa shape index (κ3) is 25.8. The predicted molar refractivity (Wildman–Crippen MR) is 323 cm³/mol. The average Bonchev–Trinajstić information content (AvgIpc) is 1.64. The number of carboxylic acids is 3. The minimum atomic E-state index is -4.15. The van der Waals surface area contributed by atoms with Crippen molar-refractivity contribution in [3.63, 3.8) is 0 Å². The fraction of sp³-hybridized carbons (Fsp3) is 0.469. The third-order valence-electron chi connectivity index (χ3n) is 12.9. The summed E-state index contributed by atoms with van der Waals surface area (Å²) < 4.78 is 95.2. The van der Waals surface area contributed by atoms with E-state index in [2.05, 4.69) is 72.6 Å². The van der Waals surface area contributed by atoms with Crippen LogP contribution in [0.2, 0.25) is 0 Å². The van der Waals surface area contributed by atoms with Gasteiger partial charge in [-0.25, -0.2) is 52.0 Å². The third-order valence-corrected chi connectivity index (χ3v) is 14.4. The number of carbonyl (C=O) groups is 3. The smallest absolute Gasteiger partial charge is 0.327 e. The number of rotatable bonds is 17. The first-order chi connectivity index (χ1) is 45.5. The summed E-state index contributed by atoms with van der Waals surface area (Å²) in [6.07, 6.45) is -3.87. The summed E-state index contributed by atoms with van der Waals surface area (Å²) in [6.45, 7) is 3.91. The first-order valence-electron chi connectivity index (χ1n) is 27.4. The summed E-state index contributed by atoms with van der Waals surface area (Å²) in [5.41, 5.74) is 20.2. The van der Waals surface area contributed by atoms with Gasteiger partial charge in [0, 0.05) is 78.9 Å². The monoisotopic (exact) mass is 1610 g/mol. The molecule has 3 unspecified atom stereocenters. The van der Waals surface area contributed by atoms with Crippen molar-refractivity contribution in [1.82, 2.24) is 79.2 Å². The van der Waals surface area contributed by atoms with Crippen LogP contribution in [0.3, 0.4) is 0 Å². The van der Waals surface area contributed by atoms with Crippen molar-refractivity contribution in [1.29, 1.82) is 0 Å². The van der Waals surface area contributed by atoms with E-state index >= 15 is 0 Å². The van der Waals surface area contributed by atoms with Crippen molar-refractivity contribution in [2.24, 2.45) is 5.92 Å². The number of aliphatic carboxylic acids is 3. The molecule has 0 bridgehead atoms. The molecule has 0 spiro atoms. The second kappa shape index (κ2) is 40.2. The number of hydrogen-bond acceptors (Lipinski definition) is 36. The Morgan fingerprint density at radius 1 is 0.657 bits per heavy atom. The molecule has 0 saturated carbocycles. The molecule has 8 aromatic rings. The molecule has 2 radical (unpaired) electrons. The van der Waals surface area contributed by atoms with E-state index in [1.807, 2.05) is 0 Å². The molecule has 3 fully saturated rings. The molecule has 10 heterocycles. The van der Waals surface area contributed by atoms with Crippen LogP contribution >= 0.6 is 7.60 Å². The number of nitrogens with zero attached hydrogens (tertiary/aromatic N) is 15. The number of nitrogens with one attached hydrogen (secondary N) is 1. The summed E-state index contributed by atoms with van der Waals surface area (Å²) >= 11 is 0. The van der Waals surface area contributed by atoms with Crippen molar-refractivity contribution in [3.8, 4) is 0 Å². The molecular formula is C49H68N19O26PS2Y2-2. The molecule has 3 aliphatic heterocycles. The zero-order valence-electron chi connectivity index (χ0n) is 52.2.